The number of rotatable bonds is 5. The van der Waals surface area contributed by atoms with E-state index < -0.39 is 10.0 Å². The molecule has 0 spiro atoms. The van der Waals surface area contributed by atoms with E-state index in [1.807, 2.05) is 6.92 Å². The zero-order valence-electron chi connectivity index (χ0n) is 9.91. The van der Waals surface area contributed by atoms with Gasteiger partial charge in [-0.05, 0) is 42.0 Å². The zero-order chi connectivity index (χ0) is 13.1. The van der Waals surface area contributed by atoms with Crippen LogP contribution in [0.5, 0.6) is 0 Å². The van der Waals surface area contributed by atoms with E-state index in [1.54, 1.807) is 19.2 Å². The Balaban J connectivity index is 0.00000289. The third kappa shape index (κ3) is 4.68. The molecule has 1 aromatic rings. The summed E-state index contributed by atoms with van der Waals surface area (Å²) >= 11 is 9.14. The van der Waals surface area contributed by atoms with E-state index in [1.165, 1.54) is 6.07 Å². The summed E-state index contributed by atoms with van der Waals surface area (Å²) in [5.74, 6) is 0. The van der Waals surface area contributed by atoms with E-state index in [4.69, 9.17) is 11.6 Å². The second-order valence-electron chi connectivity index (χ2n) is 3.59. The molecule has 0 aliphatic carbocycles. The summed E-state index contributed by atoms with van der Waals surface area (Å²) in [6.07, 6.45) is 0. The molecule has 1 unspecified atom stereocenters. The number of halogens is 3. The minimum atomic E-state index is -3.57. The van der Waals surface area contributed by atoms with Gasteiger partial charge in [0.1, 0.15) is 4.90 Å². The van der Waals surface area contributed by atoms with Crippen molar-refractivity contribution in [2.45, 2.75) is 17.9 Å². The first-order valence-corrected chi connectivity index (χ1v) is 7.65. The number of benzene rings is 1. The van der Waals surface area contributed by atoms with Crippen LogP contribution in [0.15, 0.2) is 27.6 Å². The minimum Gasteiger partial charge on any atom is -0.316 e. The molecule has 0 radical (unpaired) electrons. The summed E-state index contributed by atoms with van der Waals surface area (Å²) in [7, 11) is -1.80. The lowest BCUT2D eigenvalue weighted by Gasteiger charge is -2.13. The van der Waals surface area contributed by atoms with Gasteiger partial charge in [-0.3, -0.25) is 0 Å². The molecule has 0 saturated carbocycles. The van der Waals surface area contributed by atoms with Gasteiger partial charge in [0.05, 0.1) is 5.02 Å². The first-order valence-electron chi connectivity index (χ1n) is 4.99. The Labute approximate surface area is 127 Å². The molecule has 0 bridgehead atoms. The Morgan fingerprint density at radius 2 is 2.06 bits per heavy atom. The molecule has 1 rings (SSSR count). The van der Waals surface area contributed by atoms with Crippen LogP contribution >= 0.6 is 39.9 Å². The molecule has 1 atom stereocenters. The van der Waals surface area contributed by atoms with Crippen LogP contribution in [0.25, 0.3) is 0 Å². The number of hydrogen-bond donors (Lipinski definition) is 2. The predicted molar refractivity (Wildman–Crippen MR) is 80.1 cm³/mol. The Hall–Kier alpha value is 0.150. The summed E-state index contributed by atoms with van der Waals surface area (Å²) in [5, 5.41) is 3.14. The summed E-state index contributed by atoms with van der Waals surface area (Å²) in [6.45, 7) is 2.19. The lowest BCUT2D eigenvalue weighted by Crippen LogP contribution is -2.37. The van der Waals surface area contributed by atoms with Crippen molar-refractivity contribution in [3.8, 4) is 0 Å². The molecule has 0 aliphatic rings. The van der Waals surface area contributed by atoms with Crippen molar-refractivity contribution in [2.75, 3.05) is 13.6 Å². The molecule has 8 heteroatoms. The van der Waals surface area contributed by atoms with Crippen molar-refractivity contribution in [3.05, 3.63) is 27.7 Å². The largest absolute Gasteiger partial charge is 0.316 e. The Bertz CT molecular complexity index is 497. The van der Waals surface area contributed by atoms with Crippen molar-refractivity contribution in [1.82, 2.24) is 10.0 Å². The first kappa shape index (κ1) is 18.1. The lowest BCUT2D eigenvalue weighted by atomic mass is 10.4. The van der Waals surface area contributed by atoms with Crippen LogP contribution < -0.4 is 10.0 Å². The highest BCUT2D eigenvalue weighted by atomic mass is 79.9. The number of hydrogen-bond acceptors (Lipinski definition) is 3. The SMILES string of the molecule is CNC(C)CNS(=O)(=O)c1cccc(Br)c1Cl.Cl. The van der Waals surface area contributed by atoms with Gasteiger partial charge in [-0.25, -0.2) is 13.1 Å². The highest BCUT2D eigenvalue weighted by molar-refractivity contribution is 9.10. The fourth-order valence-corrected chi connectivity index (χ4v) is 3.26. The average Bonchev–Trinajstić information content (AvgIpc) is 2.29. The molecule has 18 heavy (non-hydrogen) atoms. The highest BCUT2D eigenvalue weighted by Gasteiger charge is 2.19. The van der Waals surface area contributed by atoms with E-state index in [2.05, 4.69) is 26.0 Å². The van der Waals surface area contributed by atoms with E-state index in [0.29, 0.717) is 11.0 Å². The van der Waals surface area contributed by atoms with E-state index in [9.17, 15) is 8.42 Å². The maximum atomic E-state index is 12.0. The van der Waals surface area contributed by atoms with Gasteiger partial charge < -0.3 is 5.32 Å². The van der Waals surface area contributed by atoms with Crippen molar-refractivity contribution >= 4 is 50.0 Å². The van der Waals surface area contributed by atoms with Crippen LogP contribution in [0, 0.1) is 0 Å². The smallest absolute Gasteiger partial charge is 0.242 e. The Morgan fingerprint density at radius 1 is 1.44 bits per heavy atom. The zero-order valence-corrected chi connectivity index (χ0v) is 13.9. The second-order valence-corrected chi connectivity index (χ2v) is 6.56. The summed E-state index contributed by atoms with van der Waals surface area (Å²) < 4.78 is 27.0. The van der Waals surface area contributed by atoms with Crippen molar-refractivity contribution in [3.63, 3.8) is 0 Å². The Morgan fingerprint density at radius 3 is 2.61 bits per heavy atom. The minimum absolute atomic E-state index is 0. The third-order valence-electron chi connectivity index (χ3n) is 2.28. The molecule has 0 aromatic heterocycles. The van der Waals surface area contributed by atoms with E-state index in [-0.39, 0.29) is 28.4 Å². The monoisotopic (exact) mass is 376 g/mol. The lowest BCUT2D eigenvalue weighted by molar-refractivity contribution is 0.554. The molecule has 104 valence electrons. The maximum Gasteiger partial charge on any atom is 0.242 e. The van der Waals surface area contributed by atoms with Crippen molar-refractivity contribution < 1.29 is 8.42 Å². The first-order chi connectivity index (χ1) is 7.88. The number of sulfonamides is 1. The van der Waals surface area contributed by atoms with E-state index >= 15 is 0 Å². The van der Waals surface area contributed by atoms with E-state index in [0.717, 1.165) is 0 Å². The van der Waals surface area contributed by atoms with Gasteiger partial charge in [0, 0.05) is 17.1 Å². The predicted octanol–water partition coefficient (Wildman–Crippen LogP) is 2.41. The van der Waals surface area contributed by atoms with Crippen LogP contribution in [-0.4, -0.2) is 28.1 Å². The highest BCUT2D eigenvalue weighted by Crippen LogP contribution is 2.28. The molecular weight excluding hydrogens is 363 g/mol. The van der Waals surface area contributed by atoms with Gasteiger partial charge in [-0.2, -0.15) is 0 Å². The van der Waals surface area contributed by atoms with Gasteiger partial charge in [0.2, 0.25) is 10.0 Å². The van der Waals surface area contributed by atoms with Crippen LogP contribution in [0.3, 0.4) is 0 Å². The van der Waals surface area contributed by atoms with Crippen molar-refractivity contribution in [2.24, 2.45) is 0 Å². The summed E-state index contributed by atoms with van der Waals surface area (Å²) in [5.41, 5.74) is 0. The normalized spacial score (nSPS) is 12.9. The molecule has 0 amide bonds. The number of likely N-dealkylation sites (N-methyl/N-ethyl adjacent to an activating group) is 1. The molecule has 2 N–H and O–H groups in total. The van der Waals surface area contributed by atoms with Gasteiger partial charge in [0.15, 0.2) is 0 Å². The fourth-order valence-electron chi connectivity index (χ4n) is 1.11. The molecule has 0 heterocycles. The second kappa shape index (κ2) is 7.67. The fraction of sp³-hybridized carbons (Fsp3) is 0.400. The van der Waals surface area contributed by atoms with Crippen molar-refractivity contribution in [1.29, 1.82) is 0 Å². The standard InChI is InChI=1S/C10H14BrClN2O2S.ClH/c1-7(13-2)6-14-17(15,16)9-5-3-4-8(11)10(9)12;/h3-5,7,13-14H,6H2,1-2H3;1H. The Kier molecular flexibility index (Phi) is 7.73. The molecule has 0 fully saturated rings. The molecule has 1 aromatic carbocycles. The quantitative estimate of drug-likeness (QED) is 0.828. The van der Waals surface area contributed by atoms with Gasteiger partial charge in [0.25, 0.3) is 0 Å². The molecule has 0 aliphatic heterocycles. The van der Waals surface area contributed by atoms with Gasteiger partial charge in [-0.1, -0.05) is 17.7 Å². The van der Waals surface area contributed by atoms with Crippen LogP contribution in [0.4, 0.5) is 0 Å². The third-order valence-corrected chi connectivity index (χ3v) is 5.15. The average molecular weight is 378 g/mol. The molecular formula is C10H15BrCl2N2O2S. The maximum absolute atomic E-state index is 12.0. The topological polar surface area (TPSA) is 58.2 Å². The van der Waals surface area contributed by atoms with Crippen LogP contribution in [0.2, 0.25) is 5.02 Å². The van der Waals surface area contributed by atoms with Crippen LogP contribution in [0.1, 0.15) is 6.92 Å². The molecule has 4 nitrogen and oxygen atoms in total. The van der Waals surface area contributed by atoms with Gasteiger partial charge in [-0.15, -0.1) is 12.4 Å². The van der Waals surface area contributed by atoms with Gasteiger partial charge >= 0.3 is 0 Å². The number of nitrogens with one attached hydrogen (secondary N) is 2. The summed E-state index contributed by atoms with van der Waals surface area (Å²) in [6, 6.07) is 4.85. The molecule has 0 saturated heterocycles. The van der Waals surface area contributed by atoms with Crippen LogP contribution in [-0.2, 0) is 10.0 Å². The summed E-state index contributed by atoms with van der Waals surface area (Å²) in [4.78, 5) is 0.0804.